The molecular formula is C17H27NO2. The summed E-state index contributed by atoms with van der Waals surface area (Å²) in [5.41, 5.74) is 0.831. The molecule has 0 radical (unpaired) electrons. The Morgan fingerprint density at radius 1 is 1.00 bits per heavy atom. The average Bonchev–Trinajstić information content (AvgIpc) is 2.51. The van der Waals surface area contributed by atoms with Gasteiger partial charge in [0.2, 0.25) is 0 Å². The van der Waals surface area contributed by atoms with Crippen LogP contribution in [-0.4, -0.2) is 30.5 Å². The third kappa shape index (κ3) is 6.83. The Balaban J connectivity index is 2.01. The number of hydrogen-bond donors (Lipinski definition) is 0. The van der Waals surface area contributed by atoms with E-state index in [1.165, 1.54) is 0 Å². The van der Waals surface area contributed by atoms with Gasteiger partial charge < -0.3 is 0 Å². The van der Waals surface area contributed by atoms with Crippen LogP contribution in [0.15, 0.2) is 30.3 Å². The van der Waals surface area contributed by atoms with E-state index in [-0.39, 0.29) is 5.78 Å². The largest absolute Gasteiger partial charge is 0.299 e. The topological polar surface area (TPSA) is 29.5 Å². The maximum absolute atomic E-state index is 11.9. The Labute approximate surface area is 122 Å². The van der Waals surface area contributed by atoms with Gasteiger partial charge in [0, 0.05) is 25.1 Å². The van der Waals surface area contributed by atoms with E-state index in [9.17, 15) is 4.79 Å². The zero-order valence-corrected chi connectivity index (χ0v) is 12.8. The quantitative estimate of drug-likeness (QED) is 0.346. The van der Waals surface area contributed by atoms with Gasteiger partial charge in [0.05, 0.1) is 6.61 Å². The van der Waals surface area contributed by atoms with Crippen LogP contribution < -0.4 is 0 Å². The summed E-state index contributed by atoms with van der Waals surface area (Å²) >= 11 is 0. The second kappa shape index (κ2) is 10.6. The molecule has 0 saturated carbocycles. The number of carbonyl (C=O) groups is 1. The monoisotopic (exact) mass is 277 g/mol. The maximum atomic E-state index is 11.9. The molecule has 0 unspecified atom stereocenters. The Bertz CT molecular complexity index is 361. The molecule has 0 N–H and O–H groups in total. The lowest BCUT2D eigenvalue weighted by molar-refractivity contribution is -0.153. The first-order chi connectivity index (χ1) is 9.77. The van der Waals surface area contributed by atoms with E-state index >= 15 is 0 Å². The summed E-state index contributed by atoms with van der Waals surface area (Å²) < 4.78 is 0. The van der Waals surface area contributed by atoms with Crippen molar-refractivity contribution in [3.63, 3.8) is 0 Å². The molecule has 20 heavy (non-hydrogen) atoms. The van der Waals surface area contributed by atoms with Crippen molar-refractivity contribution in [1.82, 2.24) is 5.06 Å². The molecule has 0 amide bonds. The highest BCUT2D eigenvalue weighted by molar-refractivity contribution is 5.95. The Kier molecular flexibility index (Phi) is 8.92. The second-order valence-electron chi connectivity index (χ2n) is 4.90. The van der Waals surface area contributed by atoms with E-state index < -0.39 is 0 Å². The molecule has 3 nitrogen and oxygen atoms in total. The third-order valence-corrected chi connectivity index (χ3v) is 3.37. The number of hydrogen-bond acceptors (Lipinski definition) is 3. The Hall–Kier alpha value is -1.19. The van der Waals surface area contributed by atoms with Crippen LogP contribution in [-0.2, 0) is 4.84 Å². The van der Waals surface area contributed by atoms with Crippen LogP contribution in [0.4, 0.5) is 0 Å². The maximum Gasteiger partial charge on any atom is 0.162 e. The van der Waals surface area contributed by atoms with Crippen molar-refractivity contribution in [2.45, 2.75) is 46.0 Å². The lowest BCUT2D eigenvalue weighted by Gasteiger charge is -2.17. The molecule has 0 bridgehead atoms. The fraction of sp³-hybridized carbons (Fsp3) is 0.588. The van der Waals surface area contributed by atoms with E-state index in [1.807, 2.05) is 35.4 Å². The van der Waals surface area contributed by atoms with Crippen molar-refractivity contribution >= 4 is 5.78 Å². The van der Waals surface area contributed by atoms with E-state index in [1.54, 1.807) is 0 Å². The van der Waals surface area contributed by atoms with Crippen molar-refractivity contribution in [1.29, 1.82) is 0 Å². The predicted molar refractivity (Wildman–Crippen MR) is 82.7 cm³/mol. The van der Waals surface area contributed by atoms with Crippen LogP contribution in [0.3, 0.4) is 0 Å². The Morgan fingerprint density at radius 3 is 2.30 bits per heavy atom. The lowest BCUT2D eigenvalue weighted by Crippen LogP contribution is -2.23. The molecule has 0 spiro atoms. The molecule has 112 valence electrons. The molecule has 1 aromatic carbocycles. The fourth-order valence-electron chi connectivity index (χ4n) is 2.11. The number of Topliss-reactive ketones (excluding diaryl/α,β-unsaturated/α-hetero) is 1. The lowest BCUT2D eigenvalue weighted by atomic mass is 10.0. The van der Waals surface area contributed by atoms with Gasteiger partial charge in [-0.05, 0) is 12.8 Å². The molecule has 0 atom stereocenters. The first-order valence-corrected chi connectivity index (χ1v) is 7.74. The number of benzene rings is 1. The standard InChI is InChI=1S/C17H27NO2/c1-3-18(4-2)20-15-11-6-5-10-14-17(19)16-12-8-7-9-13-16/h7-9,12-13H,3-6,10-11,14-15H2,1-2H3. The van der Waals surface area contributed by atoms with Crippen LogP contribution in [0.5, 0.6) is 0 Å². The molecule has 0 aliphatic carbocycles. The molecule has 0 fully saturated rings. The van der Waals surface area contributed by atoms with E-state index in [0.29, 0.717) is 6.42 Å². The molecule has 0 aromatic heterocycles. The van der Waals surface area contributed by atoms with Gasteiger partial charge in [0.25, 0.3) is 0 Å². The summed E-state index contributed by atoms with van der Waals surface area (Å²) in [5, 5.41) is 1.97. The molecule has 1 aromatic rings. The van der Waals surface area contributed by atoms with Crippen LogP contribution in [0.1, 0.15) is 56.3 Å². The van der Waals surface area contributed by atoms with Crippen LogP contribution in [0.25, 0.3) is 0 Å². The van der Waals surface area contributed by atoms with Gasteiger partial charge in [-0.25, -0.2) is 0 Å². The minimum absolute atomic E-state index is 0.255. The highest BCUT2D eigenvalue weighted by atomic mass is 16.7. The highest BCUT2D eigenvalue weighted by Gasteiger charge is 2.04. The first-order valence-electron chi connectivity index (χ1n) is 7.74. The number of hydroxylamine groups is 2. The van der Waals surface area contributed by atoms with E-state index in [0.717, 1.165) is 50.9 Å². The van der Waals surface area contributed by atoms with Crippen molar-refractivity contribution in [2.24, 2.45) is 0 Å². The molecule has 1 rings (SSSR count). The molecule has 0 saturated heterocycles. The van der Waals surface area contributed by atoms with Crippen LogP contribution in [0.2, 0.25) is 0 Å². The summed E-state index contributed by atoms with van der Waals surface area (Å²) in [7, 11) is 0. The third-order valence-electron chi connectivity index (χ3n) is 3.37. The number of ketones is 1. The zero-order valence-electron chi connectivity index (χ0n) is 12.8. The van der Waals surface area contributed by atoms with Gasteiger partial charge in [0.1, 0.15) is 0 Å². The van der Waals surface area contributed by atoms with Crippen molar-refractivity contribution in [2.75, 3.05) is 19.7 Å². The predicted octanol–water partition coefficient (Wildman–Crippen LogP) is 4.09. The summed E-state index contributed by atoms with van der Waals surface area (Å²) in [5.74, 6) is 0.255. The van der Waals surface area contributed by atoms with Gasteiger partial charge in [-0.2, -0.15) is 5.06 Å². The van der Waals surface area contributed by atoms with Crippen molar-refractivity contribution in [3.8, 4) is 0 Å². The Morgan fingerprint density at radius 2 is 1.65 bits per heavy atom. The van der Waals surface area contributed by atoms with Crippen LogP contribution in [0, 0.1) is 0 Å². The molecule has 0 aliphatic heterocycles. The number of carbonyl (C=O) groups excluding carboxylic acids is 1. The van der Waals surface area contributed by atoms with Crippen molar-refractivity contribution in [3.05, 3.63) is 35.9 Å². The van der Waals surface area contributed by atoms with Crippen LogP contribution >= 0.6 is 0 Å². The summed E-state index contributed by atoms with van der Waals surface area (Å²) in [6.45, 7) is 6.84. The van der Waals surface area contributed by atoms with Gasteiger partial charge in [-0.3, -0.25) is 9.63 Å². The molecule has 0 aliphatic rings. The van der Waals surface area contributed by atoms with Gasteiger partial charge in [0.15, 0.2) is 5.78 Å². The van der Waals surface area contributed by atoms with Gasteiger partial charge >= 0.3 is 0 Å². The average molecular weight is 277 g/mol. The summed E-state index contributed by atoms with van der Waals surface area (Å²) in [4.78, 5) is 17.5. The van der Waals surface area contributed by atoms with Gasteiger partial charge in [-0.15, -0.1) is 0 Å². The second-order valence-corrected chi connectivity index (χ2v) is 4.90. The molecule has 0 heterocycles. The van der Waals surface area contributed by atoms with Crippen molar-refractivity contribution < 1.29 is 9.63 Å². The summed E-state index contributed by atoms with van der Waals surface area (Å²) in [6, 6.07) is 9.54. The smallest absolute Gasteiger partial charge is 0.162 e. The normalized spacial score (nSPS) is 10.9. The SMILES string of the molecule is CCN(CC)OCCCCCCC(=O)c1ccccc1. The summed E-state index contributed by atoms with van der Waals surface area (Å²) in [6.07, 6.45) is 4.92. The minimum atomic E-state index is 0.255. The number of nitrogens with zero attached hydrogens (tertiary/aromatic N) is 1. The zero-order chi connectivity index (χ0) is 14.6. The van der Waals surface area contributed by atoms with E-state index in [2.05, 4.69) is 13.8 Å². The van der Waals surface area contributed by atoms with E-state index in [4.69, 9.17) is 4.84 Å². The molecular weight excluding hydrogens is 250 g/mol. The number of unbranched alkanes of at least 4 members (excludes halogenated alkanes) is 3. The molecule has 3 heteroatoms. The minimum Gasteiger partial charge on any atom is -0.299 e. The fourth-order valence-corrected chi connectivity index (χ4v) is 2.11. The first kappa shape index (κ1) is 16.9. The number of rotatable bonds is 11. The highest BCUT2D eigenvalue weighted by Crippen LogP contribution is 2.09. The van der Waals surface area contributed by atoms with Gasteiger partial charge in [-0.1, -0.05) is 57.0 Å².